The number of rotatable bonds is 5. The Morgan fingerprint density at radius 2 is 1.50 bits per heavy atom. The number of carbonyl (C=O) groups is 1. The molecule has 5 heteroatoms. The van der Waals surface area contributed by atoms with Crippen molar-refractivity contribution in [2.45, 2.75) is 18.8 Å². The molecule has 0 radical (unpaired) electrons. The summed E-state index contributed by atoms with van der Waals surface area (Å²) in [6.07, 6.45) is -1.01. The highest BCUT2D eigenvalue weighted by Gasteiger charge is 2.39. The molecule has 0 fully saturated rings. The third kappa shape index (κ3) is 2.66. The molecule has 0 spiro atoms. The highest BCUT2D eigenvalue weighted by Crippen LogP contribution is 2.46. The molecule has 0 aromatic heterocycles. The molecule has 0 unspecified atom stereocenters. The predicted octanol–water partition coefficient (Wildman–Crippen LogP) is 3.75. The van der Waals surface area contributed by atoms with Gasteiger partial charge in [-0.05, 0) is 29.2 Å². The molecule has 0 saturated carbocycles. The number of carboxylic acid groups (broad SMARTS) is 1. The van der Waals surface area contributed by atoms with Gasteiger partial charge in [-0.1, -0.05) is 48.5 Å². The van der Waals surface area contributed by atoms with Crippen LogP contribution in [0, 0.1) is 0 Å². The first-order valence-corrected chi connectivity index (χ1v) is 7.79. The molecule has 2 aromatic carbocycles. The van der Waals surface area contributed by atoms with Crippen molar-refractivity contribution in [1.29, 1.82) is 0 Å². The Balaban J connectivity index is 2.10. The van der Waals surface area contributed by atoms with Gasteiger partial charge in [0.05, 0.1) is 12.6 Å². The second-order valence-corrected chi connectivity index (χ2v) is 6.03. The minimum Gasteiger partial charge on any atom is -0.465 e. The van der Waals surface area contributed by atoms with Crippen LogP contribution in [0.1, 0.15) is 24.1 Å². The number of benzene rings is 2. The standard InChI is InChI=1S/C19H21NO4/c1-19(23-2,24-3)12-20(18(21)22)17-15-10-6-4-8-13(15)14-9-5-7-11-16(14)17/h4-11,17H,12H2,1-3H3,(H,21,22). The molecule has 1 aliphatic carbocycles. The first kappa shape index (κ1) is 16.5. The number of hydrogen-bond donors (Lipinski definition) is 1. The lowest BCUT2D eigenvalue weighted by molar-refractivity contribution is -0.202. The van der Waals surface area contributed by atoms with Gasteiger partial charge in [-0.25, -0.2) is 4.79 Å². The first-order valence-electron chi connectivity index (χ1n) is 7.79. The lowest BCUT2D eigenvalue weighted by Gasteiger charge is -2.35. The smallest absolute Gasteiger partial charge is 0.408 e. The van der Waals surface area contributed by atoms with Crippen LogP contribution in [-0.2, 0) is 9.47 Å². The Kier molecular flexibility index (Phi) is 4.30. The summed E-state index contributed by atoms with van der Waals surface area (Å²) in [6.45, 7) is 1.83. The second kappa shape index (κ2) is 6.26. The summed E-state index contributed by atoms with van der Waals surface area (Å²) in [5.74, 6) is -1.01. The van der Waals surface area contributed by atoms with Crippen molar-refractivity contribution in [2.75, 3.05) is 20.8 Å². The zero-order valence-electron chi connectivity index (χ0n) is 14.0. The van der Waals surface area contributed by atoms with Gasteiger partial charge >= 0.3 is 6.09 Å². The molecule has 2 aromatic rings. The third-order valence-electron chi connectivity index (χ3n) is 4.68. The molecule has 0 atom stereocenters. The van der Waals surface area contributed by atoms with Gasteiger partial charge in [-0.2, -0.15) is 0 Å². The van der Waals surface area contributed by atoms with E-state index in [9.17, 15) is 9.90 Å². The summed E-state index contributed by atoms with van der Waals surface area (Å²) in [6, 6.07) is 15.4. The van der Waals surface area contributed by atoms with Crippen molar-refractivity contribution in [3.8, 4) is 11.1 Å². The van der Waals surface area contributed by atoms with Crippen molar-refractivity contribution in [1.82, 2.24) is 4.90 Å². The van der Waals surface area contributed by atoms with E-state index in [1.165, 1.54) is 19.1 Å². The van der Waals surface area contributed by atoms with Crippen molar-refractivity contribution >= 4 is 6.09 Å². The molecule has 0 heterocycles. The van der Waals surface area contributed by atoms with Gasteiger partial charge in [0.25, 0.3) is 0 Å². The number of nitrogens with zero attached hydrogens (tertiary/aromatic N) is 1. The summed E-state index contributed by atoms with van der Waals surface area (Å²) in [4.78, 5) is 13.4. The van der Waals surface area contributed by atoms with Crippen LogP contribution in [0.2, 0.25) is 0 Å². The highest BCUT2D eigenvalue weighted by atomic mass is 16.7. The topological polar surface area (TPSA) is 59.0 Å². The number of amides is 1. The zero-order valence-corrected chi connectivity index (χ0v) is 14.0. The molecule has 1 amide bonds. The monoisotopic (exact) mass is 327 g/mol. The van der Waals surface area contributed by atoms with Gasteiger partial charge in [0.1, 0.15) is 0 Å². The summed E-state index contributed by atoms with van der Waals surface area (Å²) < 4.78 is 10.8. The van der Waals surface area contributed by atoms with Gasteiger partial charge in [0.2, 0.25) is 0 Å². The minimum absolute atomic E-state index is 0.0999. The Morgan fingerprint density at radius 1 is 1.04 bits per heavy atom. The third-order valence-corrected chi connectivity index (χ3v) is 4.68. The summed E-state index contributed by atoms with van der Waals surface area (Å²) in [7, 11) is 3.03. The molecule has 1 N–H and O–H groups in total. The molecule has 5 nitrogen and oxygen atoms in total. The molecule has 0 bridgehead atoms. The van der Waals surface area contributed by atoms with E-state index in [1.54, 1.807) is 6.92 Å². The molecule has 3 rings (SSSR count). The lowest BCUT2D eigenvalue weighted by Crippen LogP contribution is -2.47. The number of hydrogen-bond acceptors (Lipinski definition) is 3. The van der Waals surface area contributed by atoms with Crippen molar-refractivity contribution in [3.63, 3.8) is 0 Å². The van der Waals surface area contributed by atoms with E-state index in [-0.39, 0.29) is 12.6 Å². The Bertz CT molecular complexity index is 709. The van der Waals surface area contributed by atoms with Crippen LogP contribution in [-0.4, -0.2) is 42.7 Å². The van der Waals surface area contributed by atoms with Gasteiger partial charge < -0.3 is 14.6 Å². The maximum absolute atomic E-state index is 12.0. The van der Waals surface area contributed by atoms with Crippen LogP contribution >= 0.6 is 0 Å². The summed E-state index contributed by atoms with van der Waals surface area (Å²) in [5.41, 5.74) is 4.10. The quantitative estimate of drug-likeness (QED) is 0.850. The molecule has 24 heavy (non-hydrogen) atoms. The summed E-state index contributed by atoms with van der Waals surface area (Å²) >= 11 is 0. The van der Waals surface area contributed by atoms with E-state index in [0.29, 0.717) is 0 Å². The van der Waals surface area contributed by atoms with Gasteiger partial charge in [0, 0.05) is 14.2 Å². The highest BCUT2D eigenvalue weighted by molar-refractivity contribution is 5.80. The largest absolute Gasteiger partial charge is 0.465 e. The maximum Gasteiger partial charge on any atom is 0.408 e. The van der Waals surface area contributed by atoms with Crippen LogP contribution < -0.4 is 0 Å². The lowest BCUT2D eigenvalue weighted by atomic mass is 10.0. The SMILES string of the molecule is COC(C)(CN(C(=O)O)C1c2ccccc2-c2ccccc21)OC. The molecular weight excluding hydrogens is 306 g/mol. The minimum atomic E-state index is -1.01. The van der Waals surface area contributed by atoms with E-state index < -0.39 is 11.9 Å². The molecular formula is C19H21NO4. The number of fused-ring (bicyclic) bond motifs is 3. The fraction of sp³-hybridized carbons (Fsp3) is 0.316. The first-order chi connectivity index (χ1) is 11.5. The van der Waals surface area contributed by atoms with Crippen molar-refractivity contribution in [3.05, 3.63) is 59.7 Å². The Labute approximate surface area is 141 Å². The normalized spacial score (nSPS) is 13.5. The van der Waals surface area contributed by atoms with Crippen molar-refractivity contribution in [2.24, 2.45) is 0 Å². The predicted molar refractivity (Wildman–Crippen MR) is 90.9 cm³/mol. The zero-order chi connectivity index (χ0) is 17.3. The molecule has 126 valence electrons. The van der Waals surface area contributed by atoms with Crippen LogP contribution in [0.3, 0.4) is 0 Å². The molecule has 1 aliphatic rings. The van der Waals surface area contributed by atoms with E-state index in [2.05, 4.69) is 0 Å². The van der Waals surface area contributed by atoms with E-state index >= 15 is 0 Å². The van der Waals surface area contributed by atoms with Gasteiger partial charge in [0.15, 0.2) is 5.79 Å². The maximum atomic E-state index is 12.0. The van der Waals surface area contributed by atoms with E-state index in [0.717, 1.165) is 22.3 Å². The Hall–Kier alpha value is -2.37. The fourth-order valence-electron chi connectivity index (χ4n) is 3.26. The fourth-order valence-corrected chi connectivity index (χ4v) is 3.26. The number of ether oxygens (including phenoxy) is 2. The van der Waals surface area contributed by atoms with Crippen LogP contribution in [0.4, 0.5) is 4.79 Å². The molecule has 0 saturated heterocycles. The molecule has 0 aliphatic heterocycles. The van der Waals surface area contributed by atoms with Crippen molar-refractivity contribution < 1.29 is 19.4 Å². The number of methoxy groups -OCH3 is 2. The average molecular weight is 327 g/mol. The van der Waals surface area contributed by atoms with Gasteiger partial charge in [-0.15, -0.1) is 0 Å². The van der Waals surface area contributed by atoms with E-state index in [4.69, 9.17) is 9.47 Å². The van der Waals surface area contributed by atoms with E-state index in [1.807, 2.05) is 48.5 Å². The van der Waals surface area contributed by atoms with Gasteiger partial charge in [-0.3, -0.25) is 4.90 Å². The van der Waals surface area contributed by atoms with Crippen LogP contribution in [0.15, 0.2) is 48.5 Å². The summed E-state index contributed by atoms with van der Waals surface area (Å²) in [5, 5.41) is 9.85. The second-order valence-electron chi connectivity index (χ2n) is 6.03. The Morgan fingerprint density at radius 3 is 1.92 bits per heavy atom. The van der Waals surface area contributed by atoms with Crippen LogP contribution in [0.25, 0.3) is 11.1 Å². The average Bonchev–Trinajstić information content (AvgIpc) is 2.94. The van der Waals surface area contributed by atoms with Crippen LogP contribution in [0.5, 0.6) is 0 Å².